The van der Waals surface area contributed by atoms with Crippen LogP contribution in [0.5, 0.6) is 0 Å². The van der Waals surface area contributed by atoms with Gasteiger partial charge in [0.05, 0.1) is 24.1 Å². The minimum Gasteiger partial charge on any atom is -0.359 e. The number of halogens is 1. The van der Waals surface area contributed by atoms with Crippen LogP contribution >= 0.6 is 22.9 Å². The van der Waals surface area contributed by atoms with E-state index in [0.29, 0.717) is 20.9 Å². The maximum atomic E-state index is 12.7. The van der Waals surface area contributed by atoms with E-state index in [4.69, 9.17) is 11.6 Å². The third-order valence-corrected chi connectivity index (χ3v) is 5.26. The fraction of sp³-hybridized carbons (Fsp3) is 0.0556. The zero-order chi connectivity index (χ0) is 17.4. The smallest absolute Gasteiger partial charge is 0.271 e. The number of carbonyl (C=O) groups is 1. The van der Waals surface area contributed by atoms with Crippen molar-refractivity contribution in [1.82, 2.24) is 14.5 Å². The molecule has 0 saturated carbocycles. The second kappa shape index (κ2) is 6.31. The predicted octanol–water partition coefficient (Wildman–Crippen LogP) is 3.99. The molecule has 0 bridgehead atoms. The van der Waals surface area contributed by atoms with Crippen molar-refractivity contribution in [3.05, 3.63) is 76.1 Å². The van der Waals surface area contributed by atoms with E-state index >= 15 is 0 Å². The standard InChI is InChI=1S/C18H12ClN3O2S/c19-12-5-3-11(4-6-12)16-8-14-17(25-16)18(24)22(10-21-14)9-15(23)13-2-1-7-20-13/h1-8,10,20H,9H2. The van der Waals surface area contributed by atoms with Gasteiger partial charge < -0.3 is 4.98 Å². The molecular weight excluding hydrogens is 358 g/mol. The Labute approximate surface area is 151 Å². The first-order valence-electron chi connectivity index (χ1n) is 7.53. The van der Waals surface area contributed by atoms with Crippen LogP contribution in [-0.2, 0) is 6.54 Å². The van der Waals surface area contributed by atoms with Gasteiger partial charge >= 0.3 is 0 Å². The summed E-state index contributed by atoms with van der Waals surface area (Å²) in [5, 5.41) is 0.660. The van der Waals surface area contributed by atoms with Gasteiger partial charge in [0.15, 0.2) is 5.78 Å². The van der Waals surface area contributed by atoms with Crippen molar-refractivity contribution in [3.63, 3.8) is 0 Å². The van der Waals surface area contributed by atoms with Crippen molar-refractivity contribution >= 4 is 38.9 Å². The first-order valence-corrected chi connectivity index (χ1v) is 8.73. The summed E-state index contributed by atoms with van der Waals surface area (Å²) < 4.78 is 1.87. The van der Waals surface area contributed by atoms with Gasteiger partial charge in [0.25, 0.3) is 5.56 Å². The summed E-state index contributed by atoms with van der Waals surface area (Å²) in [5.74, 6) is -0.164. The number of benzene rings is 1. The lowest BCUT2D eigenvalue weighted by Crippen LogP contribution is -2.24. The van der Waals surface area contributed by atoms with Crippen LogP contribution in [0.2, 0.25) is 5.02 Å². The van der Waals surface area contributed by atoms with Crippen LogP contribution in [0.1, 0.15) is 10.5 Å². The average Bonchev–Trinajstić information content (AvgIpc) is 3.28. The molecule has 0 aliphatic rings. The Balaban J connectivity index is 1.71. The average molecular weight is 370 g/mol. The zero-order valence-electron chi connectivity index (χ0n) is 12.9. The lowest BCUT2D eigenvalue weighted by Gasteiger charge is -2.03. The number of ketones is 1. The van der Waals surface area contributed by atoms with E-state index in [1.807, 2.05) is 30.3 Å². The molecule has 0 aliphatic heterocycles. The van der Waals surface area contributed by atoms with E-state index in [1.54, 1.807) is 18.3 Å². The maximum Gasteiger partial charge on any atom is 0.271 e. The van der Waals surface area contributed by atoms with E-state index in [1.165, 1.54) is 22.2 Å². The summed E-state index contributed by atoms with van der Waals surface area (Å²) in [6, 6.07) is 12.7. The zero-order valence-corrected chi connectivity index (χ0v) is 14.5. The van der Waals surface area contributed by atoms with Crippen molar-refractivity contribution in [2.45, 2.75) is 6.54 Å². The lowest BCUT2D eigenvalue weighted by molar-refractivity contribution is 0.0966. The molecule has 3 aromatic heterocycles. The van der Waals surface area contributed by atoms with Gasteiger partial charge in [-0.25, -0.2) is 4.98 Å². The number of rotatable bonds is 4. The highest BCUT2D eigenvalue weighted by molar-refractivity contribution is 7.22. The molecule has 4 rings (SSSR count). The van der Waals surface area contributed by atoms with Crippen molar-refractivity contribution in [2.75, 3.05) is 0 Å². The second-order valence-electron chi connectivity index (χ2n) is 5.52. The summed E-state index contributed by atoms with van der Waals surface area (Å²) in [7, 11) is 0. The molecule has 0 spiro atoms. The van der Waals surface area contributed by atoms with Crippen molar-refractivity contribution in [3.8, 4) is 10.4 Å². The van der Waals surface area contributed by atoms with Crippen LogP contribution in [-0.4, -0.2) is 20.3 Å². The number of hydrogen-bond donors (Lipinski definition) is 1. The number of carbonyl (C=O) groups excluding carboxylic acids is 1. The van der Waals surface area contributed by atoms with Gasteiger partial charge in [-0.05, 0) is 35.9 Å². The third-order valence-electron chi connectivity index (χ3n) is 3.84. The summed E-state index contributed by atoms with van der Waals surface area (Å²) in [6.07, 6.45) is 3.10. The van der Waals surface area contributed by atoms with Gasteiger partial charge in [-0.15, -0.1) is 11.3 Å². The molecule has 124 valence electrons. The van der Waals surface area contributed by atoms with Gasteiger partial charge in [-0.3, -0.25) is 14.2 Å². The molecule has 5 nitrogen and oxygen atoms in total. The van der Waals surface area contributed by atoms with Crippen LogP contribution in [0.3, 0.4) is 0 Å². The van der Waals surface area contributed by atoms with Gasteiger partial charge in [-0.1, -0.05) is 23.7 Å². The predicted molar refractivity (Wildman–Crippen MR) is 99.4 cm³/mol. The summed E-state index contributed by atoms with van der Waals surface area (Å²) in [6.45, 7) is -0.0452. The SMILES string of the molecule is O=C(Cn1cnc2cc(-c3ccc(Cl)cc3)sc2c1=O)c1ccc[nH]1. The first-order chi connectivity index (χ1) is 12.1. The fourth-order valence-electron chi connectivity index (χ4n) is 2.56. The quantitative estimate of drug-likeness (QED) is 0.553. The summed E-state index contributed by atoms with van der Waals surface area (Å²) in [5.41, 5.74) is 1.86. The molecule has 0 unspecified atom stereocenters. The number of H-pyrrole nitrogens is 1. The monoisotopic (exact) mass is 369 g/mol. The third kappa shape index (κ3) is 3.01. The van der Waals surface area contributed by atoms with Crippen LogP contribution < -0.4 is 5.56 Å². The fourth-order valence-corrected chi connectivity index (χ4v) is 3.75. The van der Waals surface area contributed by atoms with E-state index in [9.17, 15) is 9.59 Å². The van der Waals surface area contributed by atoms with Gasteiger partial charge in [-0.2, -0.15) is 0 Å². The molecule has 4 aromatic rings. The van der Waals surface area contributed by atoms with Crippen LogP contribution in [0.25, 0.3) is 20.7 Å². The molecule has 25 heavy (non-hydrogen) atoms. The van der Waals surface area contributed by atoms with E-state index in [-0.39, 0.29) is 17.9 Å². The Morgan fingerprint density at radius 1 is 1.24 bits per heavy atom. The number of hydrogen-bond acceptors (Lipinski definition) is 4. The largest absolute Gasteiger partial charge is 0.359 e. The highest BCUT2D eigenvalue weighted by Crippen LogP contribution is 2.31. The molecule has 7 heteroatoms. The number of Topliss-reactive ketones (excluding diaryl/α,β-unsaturated/α-hetero) is 1. The van der Waals surface area contributed by atoms with Crippen molar-refractivity contribution < 1.29 is 4.79 Å². The summed E-state index contributed by atoms with van der Waals surface area (Å²) >= 11 is 7.28. The number of thiophene rings is 1. The van der Waals surface area contributed by atoms with Crippen LogP contribution in [0.4, 0.5) is 0 Å². The highest BCUT2D eigenvalue weighted by Gasteiger charge is 2.13. The first kappa shape index (κ1) is 15.8. The second-order valence-corrected chi connectivity index (χ2v) is 7.01. The lowest BCUT2D eigenvalue weighted by atomic mass is 10.2. The van der Waals surface area contributed by atoms with E-state index in [2.05, 4.69) is 9.97 Å². The minimum absolute atomic E-state index is 0.0452. The Morgan fingerprint density at radius 2 is 2.04 bits per heavy atom. The topological polar surface area (TPSA) is 67.8 Å². The normalized spacial score (nSPS) is 11.1. The molecule has 0 atom stereocenters. The molecule has 1 N–H and O–H groups in total. The summed E-state index contributed by atoms with van der Waals surface area (Å²) in [4.78, 5) is 33.0. The van der Waals surface area contributed by atoms with Gasteiger partial charge in [0.2, 0.25) is 0 Å². The Kier molecular flexibility index (Phi) is 3.99. The number of aromatic amines is 1. The maximum absolute atomic E-state index is 12.7. The number of aromatic nitrogens is 3. The van der Waals surface area contributed by atoms with Crippen molar-refractivity contribution in [2.24, 2.45) is 0 Å². The molecular formula is C18H12ClN3O2S. The molecule has 0 radical (unpaired) electrons. The Morgan fingerprint density at radius 3 is 2.76 bits per heavy atom. The van der Waals surface area contributed by atoms with Crippen LogP contribution in [0.15, 0.2) is 59.8 Å². The molecule has 3 heterocycles. The van der Waals surface area contributed by atoms with E-state index in [0.717, 1.165) is 10.4 Å². The number of fused-ring (bicyclic) bond motifs is 1. The highest BCUT2D eigenvalue weighted by atomic mass is 35.5. The molecule has 0 amide bonds. The van der Waals surface area contributed by atoms with Crippen LogP contribution in [0, 0.1) is 0 Å². The Bertz CT molecular complexity index is 1110. The molecule has 1 aromatic carbocycles. The number of nitrogens with one attached hydrogen (secondary N) is 1. The molecule has 0 fully saturated rings. The van der Waals surface area contributed by atoms with Gasteiger partial charge in [0.1, 0.15) is 4.70 Å². The minimum atomic E-state index is -0.213. The van der Waals surface area contributed by atoms with Crippen molar-refractivity contribution in [1.29, 1.82) is 0 Å². The van der Waals surface area contributed by atoms with E-state index < -0.39 is 0 Å². The van der Waals surface area contributed by atoms with Gasteiger partial charge in [0, 0.05) is 16.1 Å². The molecule has 0 aliphatic carbocycles. The molecule has 0 saturated heterocycles. The Hall–Kier alpha value is -2.70. The number of nitrogens with zero attached hydrogens (tertiary/aromatic N) is 2.